The Bertz CT molecular complexity index is 3100. The van der Waals surface area contributed by atoms with E-state index < -0.39 is 0 Å². The fourth-order valence-corrected chi connectivity index (χ4v) is 11.0. The number of amides is 4. The number of aliphatic imine (C=N–C) groups is 1. The van der Waals surface area contributed by atoms with Crippen molar-refractivity contribution in [3.05, 3.63) is 148 Å². The molecule has 0 aliphatic carbocycles. The van der Waals surface area contributed by atoms with Gasteiger partial charge in [0.15, 0.2) is 11.5 Å². The number of para-hydroxylation sites is 2. The number of fused-ring (bicyclic) bond motifs is 8. The van der Waals surface area contributed by atoms with E-state index in [1.807, 2.05) is 78.7 Å². The molecular formula is C61H65N5O11. The molecule has 0 aromatic heterocycles. The minimum Gasteiger partial charge on any atom is -0.493 e. The molecule has 5 heterocycles. The van der Waals surface area contributed by atoms with E-state index >= 15 is 0 Å². The number of nitrogens with zero attached hydrogens (tertiary/aromatic N) is 5. The van der Waals surface area contributed by atoms with Crippen LogP contribution in [0.15, 0.2) is 108 Å². The smallest absolute Gasteiger partial charge is 0.261 e. The number of rotatable bonds is 25. The summed E-state index contributed by atoms with van der Waals surface area (Å²) in [6.07, 6.45) is 8.94. The highest BCUT2D eigenvalue weighted by molar-refractivity contribution is 6.15. The Balaban J connectivity index is 0.899. The molecule has 16 heteroatoms. The van der Waals surface area contributed by atoms with Crippen LogP contribution in [-0.2, 0) is 61.1 Å². The number of hydrogen-bond donors (Lipinski definition) is 0. The number of carbonyl (C=O) groups is 5. The first-order chi connectivity index (χ1) is 37.6. The van der Waals surface area contributed by atoms with Crippen molar-refractivity contribution in [3.8, 4) is 17.2 Å². The van der Waals surface area contributed by atoms with Crippen LogP contribution in [0.4, 0.5) is 22.7 Å². The first kappa shape index (κ1) is 52.8. The quantitative estimate of drug-likeness (QED) is 0.0405. The van der Waals surface area contributed by atoms with Gasteiger partial charge in [-0.2, -0.15) is 0 Å². The second-order valence-corrected chi connectivity index (χ2v) is 20.0. The van der Waals surface area contributed by atoms with Gasteiger partial charge in [0.2, 0.25) is 0 Å². The Morgan fingerprint density at radius 1 is 0.662 bits per heavy atom. The third kappa shape index (κ3) is 11.8. The largest absolute Gasteiger partial charge is 0.493 e. The maximum atomic E-state index is 14.2. The van der Waals surface area contributed by atoms with Crippen LogP contribution in [0.2, 0.25) is 0 Å². The van der Waals surface area contributed by atoms with Crippen LogP contribution >= 0.6 is 0 Å². The van der Waals surface area contributed by atoms with Crippen LogP contribution in [0.5, 0.6) is 17.2 Å². The van der Waals surface area contributed by atoms with Crippen molar-refractivity contribution < 1.29 is 52.4 Å². The molecule has 4 amide bonds. The topological polar surface area (TPSA) is 166 Å². The molecule has 0 unspecified atom stereocenters. The second kappa shape index (κ2) is 24.1. The molecule has 5 aliphatic rings. The molecular weight excluding hydrogens is 979 g/mol. The zero-order valence-electron chi connectivity index (χ0n) is 44.0. The average molecular weight is 1040 g/mol. The van der Waals surface area contributed by atoms with E-state index in [4.69, 9.17) is 33.4 Å². The number of ketones is 1. The Hall–Kier alpha value is -7.66. The van der Waals surface area contributed by atoms with E-state index in [1.165, 1.54) is 17.7 Å². The van der Waals surface area contributed by atoms with Crippen LogP contribution < -0.4 is 28.9 Å². The fraction of sp³-hybridized carbons (Fsp3) is 0.377. The number of imide groups is 1. The summed E-state index contributed by atoms with van der Waals surface area (Å²) in [5.41, 5.74) is 10.2. The SMILES string of the molecule is COCCOCCOCCN(CCCC(=O)CCCN1C(=O)C=CC1=O)c1cc(COc2cc3c(cc2C)C(=O)N2c4ccccc4C[C@H]2CC3)cc(COc2cc3c(cc2OC)C(=O)N2c4ccccc4C[C@H]2C=N3)c1. The molecule has 16 nitrogen and oxygen atoms in total. The summed E-state index contributed by atoms with van der Waals surface area (Å²) in [5.74, 6) is 0.712. The first-order valence-corrected chi connectivity index (χ1v) is 26.6. The predicted molar refractivity (Wildman–Crippen MR) is 292 cm³/mol. The van der Waals surface area contributed by atoms with Crippen molar-refractivity contribution in [1.29, 1.82) is 0 Å². The van der Waals surface area contributed by atoms with E-state index in [1.54, 1.807) is 31.3 Å². The molecule has 77 heavy (non-hydrogen) atoms. The van der Waals surface area contributed by atoms with E-state index in [2.05, 4.69) is 23.1 Å². The minimum atomic E-state index is -0.356. The van der Waals surface area contributed by atoms with E-state index in [0.29, 0.717) is 106 Å². The molecule has 0 saturated heterocycles. The van der Waals surface area contributed by atoms with Gasteiger partial charge >= 0.3 is 0 Å². The van der Waals surface area contributed by atoms with Crippen molar-refractivity contribution >= 4 is 58.4 Å². The maximum absolute atomic E-state index is 14.2. The lowest BCUT2D eigenvalue weighted by Crippen LogP contribution is -2.37. The average Bonchev–Trinajstić information content (AvgIpc) is 4.10. The van der Waals surface area contributed by atoms with Gasteiger partial charge in [-0.25, -0.2) is 0 Å². The molecule has 0 fully saturated rings. The van der Waals surface area contributed by atoms with Crippen molar-refractivity contribution in [2.75, 3.05) is 81.6 Å². The molecule has 0 saturated carbocycles. The highest BCUT2D eigenvalue weighted by atomic mass is 16.5. The van der Waals surface area contributed by atoms with Crippen LogP contribution in [-0.4, -0.2) is 119 Å². The van der Waals surface area contributed by atoms with E-state index in [0.717, 1.165) is 69.0 Å². The Morgan fingerprint density at radius 2 is 1.32 bits per heavy atom. The molecule has 5 aromatic rings. The van der Waals surface area contributed by atoms with Crippen molar-refractivity contribution in [2.24, 2.45) is 4.99 Å². The fourth-order valence-electron chi connectivity index (χ4n) is 11.0. The molecule has 10 rings (SSSR count). The zero-order valence-corrected chi connectivity index (χ0v) is 44.0. The number of aryl methyl sites for hydroxylation is 2. The third-order valence-corrected chi connectivity index (χ3v) is 14.9. The number of ether oxygens (including phenoxy) is 6. The van der Waals surface area contributed by atoms with Crippen molar-refractivity contribution in [3.63, 3.8) is 0 Å². The van der Waals surface area contributed by atoms with Gasteiger partial charge < -0.3 is 38.2 Å². The minimum absolute atomic E-state index is 0.0204. The summed E-state index contributed by atoms with van der Waals surface area (Å²) < 4.78 is 36.0. The summed E-state index contributed by atoms with van der Waals surface area (Å²) in [7, 11) is 3.18. The van der Waals surface area contributed by atoms with Gasteiger partial charge in [-0.05, 0) is 121 Å². The van der Waals surface area contributed by atoms with Crippen molar-refractivity contribution in [1.82, 2.24) is 4.90 Å². The lowest BCUT2D eigenvalue weighted by molar-refractivity contribution is -0.137. The molecule has 0 radical (unpaired) electrons. The summed E-state index contributed by atoms with van der Waals surface area (Å²) in [6, 6.07) is 29.6. The monoisotopic (exact) mass is 1040 g/mol. The number of hydrogen-bond acceptors (Lipinski definition) is 13. The Kier molecular flexibility index (Phi) is 16.5. The molecule has 0 spiro atoms. The van der Waals surface area contributed by atoms with Crippen molar-refractivity contribution in [2.45, 2.75) is 83.6 Å². The lowest BCUT2D eigenvalue weighted by atomic mass is 9.98. The number of benzene rings is 5. The molecule has 400 valence electrons. The number of carbonyl (C=O) groups excluding carboxylic acids is 5. The molecule has 2 atom stereocenters. The third-order valence-electron chi connectivity index (χ3n) is 14.9. The van der Waals surface area contributed by atoms with E-state index in [9.17, 15) is 24.0 Å². The summed E-state index contributed by atoms with van der Waals surface area (Å²) in [4.78, 5) is 77.7. The maximum Gasteiger partial charge on any atom is 0.261 e. The second-order valence-electron chi connectivity index (χ2n) is 20.0. The van der Waals surface area contributed by atoms with Gasteiger partial charge in [0, 0.05) is 99.1 Å². The van der Waals surface area contributed by atoms with Gasteiger partial charge in [0.25, 0.3) is 23.6 Å². The van der Waals surface area contributed by atoms with Crippen LogP contribution in [0, 0.1) is 6.92 Å². The van der Waals surface area contributed by atoms with Gasteiger partial charge in [0.1, 0.15) is 24.7 Å². The van der Waals surface area contributed by atoms with Crippen LogP contribution in [0.3, 0.4) is 0 Å². The highest BCUT2D eigenvalue weighted by Gasteiger charge is 2.38. The standard InChI is InChI=1S/C61H65N5O11/c1-40-28-50-43(16-17-46-32-44-10-4-6-14-53(44)65(46)60(50)70)34-55(40)76-38-41-29-42(39-77-57-36-52-51(35-56(57)73-3)61(71)66-48(37-62-52)33-45-11-5-7-15-54(45)66)31-47(30-41)63(22-23-74-26-27-75-25-24-72-2)20-8-12-49(67)13-9-21-64-58(68)18-19-59(64)69/h4-7,10-11,14-15,18-19,28-31,34-37,46,48H,8-9,12-13,16-17,20-27,32-33,38-39H2,1-3H3/t46-,48+/m1/s1. The zero-order chi connectivity index (χ0) is 53.4. The van der Waals surface area contributed by atoms with Crippen LogP contribution in [0.25, 0.3) is 0 Å². The van der Waals surface area contributed by atoms with Gasteiger partial charge in [-0.1, -0.05) is 36.4 Å². The molecule has 0 N–H and O–H groups in total. The predicted octanol–water partition coefficient (Wildman–Crippen LogP) is 8.51. The van der Waals surface area contributed by atoms with Gasteiger partial charge in [0.05, 0.1) is 57.4 Å². The number of anilines is 3. The first-order valence-electron chi connectivity index (χ1n) is 26.6. The molecule has 5 aliphatic heterocycles. The van der Waals surface area contributed by atoms with E-state index in [-0.39, 0.29) is 67.7 Å². The Morgan fingerprint density at radius 3 is 2.06 bits per heavy atom. The Labute approximate surface area is 449 Å². The molecule has 0 bridgehead atoms. The number of Topliss-reactive ketones (excluding diaryl/α,β-unsaturated/α-hetero) is 1. The normalized spacial score (nSPS) is 16.9. The van der Waals surface area contributed by atoms with Gasteiger partial charge in [-0.3, -0.25) is 38.8 Å². The lowest BCUT2D eigenvalue weighted by Gasteiger charge is -2.26. The molecule has 5 aromatic carbocycles. The highest BCUT2D eigenvalue weighted by Crippen LogP contribution is 2.42. The summed E-state index contributed by atoms with van der Waals surface area (Å²) >= 11 is 0. The number of methoxy groups -OCH3 is 2. The van der Waals surface area contributed by atoms with Gasteiger partial charge in [-0.15, -0.1) is 0 Å². The summed E-state index contributed by atoms with van der Waals surface area (Å²) in [6.45, 7) is 5.66. The van der Waals surface area contributed by atoms with Crippen LogP contribution in [0.1, 0.15) is 86.2 Å². The summed E-state index contributed by atoms with van der Waals surface area (Å²) in [5, 5.41) is 0.